The highest BCUT2D eigenvalue weighted by atomic mass is 32.2. The number of aromatic nitrogens is 1. The van der Waals surface area contributed by atoms with Crippen molar-refractivity contribution in [2.45, 2.75) is 31.7 Å². The Kier molecular flexibility index (Phi) is 4.24. The van der Waals surface area contributed by atoms with Crippen molar-refractivity contribution < 1.29 is 0 Å². The molecule has 1 aromatic rings. The minimum atomic E-state index is 0.0347. The second-order valence-electron chi connectivity index (χ2n) is 4.75. The fourth-order valence-electron chi connectivity index (χ4n) is 2.17. The Hall–Kier alpha value is -1.07. The van der Waals surface area contributed by atoms with Crippen molar-refractivity contribution in [3.63, 3.8) is 0 Å². The molecular weight excluding hydrogens is 244 g/mol. The number of hydrogen-bond donors (Lipinski definition) is 2. The Labute approximate surface area is 112 Å². The molecule has 2 rings (SSSR count). The first-order valence-corrected chi connectivity index (χ1v) is 7.28. The van der Waals surface area contributed by atoms with E-state index in [9.17, 15) is 0 Å². The van der Waals surface area contributed by atoms with Crippen molar-refractivity contribution in [1.29, 1.82) is 5.41 Å². The molecule has 0 bridgehead atoms. The quantitative estimate of drug-likeness (QED) is 0.644. The molecule has 0 saturated carbocycles. The molecule has 1 aromatic heterocycles. The van der Waals surface area contributed by atoms with Crippen molar-refractivity contribution in [2.75, 3.05) is 12.3 Å². The average molecular weight is 264 g/mol. The number of nitrogens with two attached hydrogens (primary N) is 1. The molecule has 18 heavy (non-hydrogen) atoms. The van der Waals surface area contributed by atoms with Gasteiger partial charge in [-0.05, 0) is 24.6 Å². The first-order chi connectivity index (χ1) is 8.58. The third-order valence-corrected chi connectivity index (χ3v) is 4.84. The zero-order chi connectivity index (χ0) is 13.1. The van der Waals surface area contributed by atoms with Gasteiger partial charge in [0, 0.05) is 36.3 Å². The molecule has 98 valence electrons. The van der Waals surface area contributed by atoms with E-state index in [0.29, 0.717) is 17.0 Å². The first-order valence-electron chi connectivity index (χ1n) is 6.23. The molecular formula is C13H20N4S. The van der Waals surface area contributed by atoms with E-state index in [0.717, 1.165) is 13.1 Å². The van der Waals surface area contributed by atoms with Crippen molar-refractivity contribution in [3.05, 3.63) is 29.6 Å². The maximum Gasteiger partial charge on any atom is 0.141 e. The van der Waals surface area contributed by atoms with Crippen LogP contribution in [0.25, 0.3) is 0 Å². The van der Waals surface area contributed by atoms with E-state index in [1.54, 1.807) is 6.20 Å². The third kappa shape index (κ3) is 3.03. The summed E-state index contributed by atoms with van der Waals surface area (Å²) in [4.78, 5) is 6.58. The van der Waals surface area contributed by atoms with Gasteiger partial charge in [0.1, 0.15) is 11.5 Å². The lowest BCUT2D eigenvalue weighted by Crippen LogP contribution is -2.43. The molecule has 1 fully saturated rings. The van der Waals surface area contributed by atoms with Gasteiger partial charge in [-0.2, -0.15) is 11.8 Å². The van der Waals surface area contributed by atoms with Gasteiger partial charge in [0.2, 0.25) is 0 Å². The standard InChI is InChI=1S/C13H20N4S/c1-9-10(2)18-6-5-17(9)8-11-3-4-16-12(7-11)13(14)15/h3-4,7,9-10H,5-6,8H2,1-2H3,(H3,14,15). The molecule has 0 spiro atoms. The second kappa shape index (κ2) is 5.71. The van der Waals surface area contributed by atoms with Crippen LogP contribution in [0.1, 0.15) is 25.1 Å². The van der Waals surface area contributed by atoms with Crippen molar-refractivity contribution in [2.24, 2.45) is 5.73 Å². The van der Waals surface area contributed by atoms with Crippen LogP contribution >= 0.6 is 11.8 Å². The molecule has 2 unspecified atom stereocenters. The molecule has 3 N–H and O–H groups in total. The minimum Gasteiger partial charge on any atom is -0.382 e. The maximum absolute atomic E-state index is 7.42. The predicted octanol–water partition coefficient (Wildman–Crippen LogP) is 1.69. The molecule has 0 radical (unpaired) electrons. The summed E-state index contributed by atoms with van der Waals surface area (Å²) in [6.45, 7) is 6.60. The highest BCUT2D eigenvalue weighted by Gasteiger charge is 2.24. The number of pyridine rings is 1. The van der Waals surface area contributed by atoms with Gasteiger partial charge in [-0.1, -0.05) is 6.92 Å². The molecule has 1 aliphatic heterocycles. The van der Waals surface area contributed by atoms with Crippen molar-refractivity contribution in [3.8, 4) is 0 Å². The molecule has 0 aliphatic carbocycles. The van der Waals surface area contributed by atoms with Crippen LogP contribution in [0.5, 0.6) is 0 Å². The van der Waals surface area contributed by atoms with E-state index in [2.05, 4.69) is 23.7 Å². The number of thioether (sulfide) groups is 1. The van der Waals surface area contributed by atoms with E-state index < -0.39 is 0 Å². The van der Waals surface area contributed by atoms with Gasteiger partial charge in [0.15, 0.2) is 0 Å². The molecule has 1 aliphatic rings. The Balaban J connectivity index is 2.08. The molecule has 1 saturated heterocycles. The second-order valence-corrected chi connectivity index (χ2v) is 6.24. The van der Waals surface area contributed by atoms with Crippen molar-refractivity contribution in [1.82, 2.24) is 9.88 Å². The average Bonchev–Trinajstić information content (AvgIpc) is 2.35. The molecule has 5 heteroatoms. The Bertz CT molecular complexity index is 435. The van der Waals surface area contributed by atoms with E-state index in [4.69, 9.17) is 11.1 Å². The molecule has 2 atom stereocenters. The number of amidine groups is 1. The smallest absolute Gasteiger partial charge is 0.141 e. The van der Waals surface area contributed by atoms with Crippen LogP contribution in [0.2, 0.25) is 0 Å². The van der Waals surface area contributed by atoms with E-state index in [-0.39, 0.29) is 5.84 Å². The van der Waals surface area contributed by atoms with E-state index in [1.165, 1.54) is 11.3 Å². The molecule has 0 amide bonds. The summed E-state index contributed by atoms with van der Waals surface area (Å²) in [6.07, 6.45) is 1.73. The summed E-state index contributed by atoms with van der Waals surface area (Å²) >= 11 is 2.04. The summed E-state index contributed by atoms with van der Waals surface area (Å²) < 4.78 is 0. The highest BCUT2D eigenvalue weighted by molar-refractivity contribution is 8.00. The van der Waals surface area contributed by atoms with E-state index in [1.807, 2.05) is 23.9 Å². The summed E-state index contributed by atoms with van der Waals surface area (Å²) in [5.41, 5.74) is 7.22. The SMILES string of the molecule is CC1SCCN(Cc2ccnc(C(=N)N)c2)C1C. The van der Waals surface area contributed by atoms with Crippen LogP contribution in [0, 0.1) is 5.41 Å². The van der Waals surface area contributed by atoms with Crippen LogP contribution in [0.15, 0.2) is 18.3 Å². The van der Waals surface area contributed by atoms with E-state index >= 15 is 0 Å². The summed E-state index contributed by atoms with van der Waals surface area (Å²) in [5.74, 6) is 1.23. The molecule has 2 heterocycles. The highest BCUT2D eigenvalue weighted by Crippen LogP contribution is 2.25. The zero-order valence-electron chi connectivity index (χ0n) is 10.9. The van der Waals surface area contributed by atoms with Crippen LogP contribution in [0.3, 0.4) is 0 Å². The lowest BCUT2D eigenvalue weighted by molar-refractivity contribution is 0.204. The lowest BCUT2D eigenvalue weighted by Gasteiger charge is -2.37. The number of nitrogens with one attached hydrogen (secondary N) is 1. The van der Waals surface area contributed by atoms with Gasteiger partial charge in [-0.15, -0.1) is 0 Å². The van der Waals surface area contributed by atoms with Gasteiger partial charge in [0.25, 0.3) is 0 Å². The van der Waals surface area contributed by atoms with Gasteiger partial charge in [-0.25, -0.2) is 0 Å². The van der Waals surface area contributed by atoms with Crippen LogP contribution < -0.4 is 5.73 Å². The topological polar surface area (TPSA) is 66.0 Å². The van der Waals surface area contributed by atoms with Gasteiger partial charge in [0.05, 0.1) is 0 Å². The summed E-state index contributed by atoms with van der Waals surface area (Å²) in [6, 6.07) is 4.50. The third-order valence-electron chi connectivity index (χ3n) is 3.50. The number of rotatable bonds is 3. The Morgan fingerprint density at radius 1 is 1.61 bits per heavy atom. The van der Waals surface area contributed by atoms with Gasteiger partial charge < -0.3 is 5.73 Å². The van der Waals surface area contributed by atoms with Gasteiger partial charge >= 0.3 is 0 Å². The Morgan fingerprint density at radius 2 is 2.39 bits per heavy atom. The number of nitrogen functional groups attached to an aromatic ring is 1. The zero-order valence-corrected chi connectivity index (χ0v) is 11.7. The Morgan fingerprint density at radius 3 is 3.11 bits per heavy atom. The summed E-state index contributed by atoms with van der Waals surface area (Å²) in [5, 5.41) is 8.10. The minimum absolute atomic E-state index is 0.0347. The normalized spacial score (nSPS) is 25.0. The number of hydrogen-bond acceptors (Lipinski definition) is 4. The van der Waals surface area contributed by atoms with Crippen molar-refractivity contribution >= 4 is 17.6 Å². The fraction of sp³-hybridized carbons (Fsp3) is 0.538. The van der Waals surface area contributed by atoms with Crippen LogP contribution in [-0.2, 0) is 6.54 Å². The fourth-order valence-corrected chi connectivity index (χ4v) is 3.34. The first kappa shape index (κ1) is 13.4. The summed E-state index contributed by atoms with van der Waals surface area (Å²) in [7, 11) is 0. The van der Waals surface area contributed by atoms with Crippen LogP contribution in [0.4, 0.5) is 0 Å². The predicted molar refractivity (Wildman–Crippen MR) is 77.0 cm³/mol. The maximum atomic E-state index is 7.42. The monoisotopic (exact) mass is 264 g/mol. The molecule has 4 nitrogen and oxygen atoms in total. The largest absolute Gasteiger partial charge is 0.382 e. The van der Waals surface area contributed by atoms with Crippen LogP contribution in [-0.4, -0.2) is 39.3 Å². The lowest BCUT2D eigenvalue weighted by atomic mass is 10.1. The number of nitrogens with zero attached hydrogens (tertiary/aromatic N) is 2. The molecule has 0 aromatic carbocycles. The van der Waals surface area contributed by atoms with Gasteiger partial charge in [-0.3, -0.25) is 15.3 Å².